The molecular formula is C8H17P. The molecule has 1 aliphatic rings. The third kappa shape index (κ3) is 2.26. The van der Waals surface area contributed by atoms with Crippen molar-refractivity contribution < 1.29 is 0 Å². The topological polar surface area (TPSA) is 0 Å². The molecule has 1 heteroatoms. The van der Waals surface area contributed by atoms with Crippen molar-refractivity contribution in [2.45, 2.75) is 38.8 Å². The molecule has 0 heterocycles. The fraction of sp³-hybridized carbons (Fsp3) is 1.00. The first-order valence-electron chi connectivity index (χ1n) is 3.94. The van der Waals surface area contributed by atoms with Crippen molar-refractivity contribution in [2.24, 2.45) is 11.8 Å². The van der Waals surface area contributed by atoms with Crippen LogP contribution < -0.4 is 0 Å². The highest BCUT2D eigenvalue weighted by Crippen LogP contribution is 2.32. The van der Waals surface area contributed by atoms with E-state index in [1.807, 2.05) is 0 Å². The van der Waals surface area contributed by atoms with Crippen LogP contribution in [0.15, 0.2) is 0 Å². The van der Waals surface area contributed by atoms with Crippen molar-refractivity contribution in [2.75, 3.05) is 0 Å². The minimum absolute atomic E-state index is 0.906. The Labute approximate surface area is 60.6 Å². The van der Waals surface area contributed by atoms with E-state index in [0.717, 1.165) is 17.5 Å². The molecule has 0 N–H and O–H groups in total. The molecule has 0 amide bonds. The summed E-state index contributed by atoms with van der Waals surface area (Å²) < 4.78 is 0. The van der Waals surface area contributed by atoms with Crippen LogP contribution in [0.25, 0.3) is 0 Å². The van der Waals surface area contributed by atoms with Gasteiger partial charge in [-0.25, -0.2) is 0 Å². The Morgan fingerprint density at radius 1 is 1.00 bits per heavy atom. The fourth-order valence-corrected chi connectivity index (χ4v) is 2.94. The lowest BCUT2D eigenvalue weighted by Gasteiger charge is -2.28. The van der Waals surface area contributed by atoms with Crippen molar-refractivity contribution >= 4 is 9.24 Å². The average Bonchev–Trinajstić information content (AvgIpc) is 1.59. The van der Waals surface area contributed by atoms with Gasteiger partial charge in [0.1, 0.15) is 0 Å². The summed E-state index contributed by atoms with van der Waals surface area (Å²) in [5.41, 5.74) is 0.906. The zero-order chi connectivity index (χ0) is 6.85. The van der Waals surface area contributed by atoms with Gasteiger partial charge in [0.15, 0.2) is 0 Å². The van der Waals surface area contributed by atoms with Gasteiger partial charge in [-0.2, -0.15) is 0 Å². The quantitative estimate of drug-likeness (QED) is 0.458. The van der Waals surface area contributed by atoms with Crippen LogP contribution in [0.4, 0.5) is 0 Å². The molecule has 9 heavy (non-hydrogen) atoms. The molecule has 1 fully saturated rings. The SMILES string of the molecule is CC1CC(C)CC(P)C1. The van der Waals surface area contributed by atoms with E-state index in [0.29, 0.717) is 0 Å². The van der Waals surface area contributed by atoms with Crippen LogP contribution in [0.5, 0.6) is 0 Å². The van der Waals surface area contributed by atoms with Crippen LogP contribution in [0.3, 0.4) is 0 Å². The summed E-state index contributed by atoms with van der Waals surface area (Å²) in [7, 11) is 2.95. The highest BCUT2D eigenvalue weighted by Gasteiger charge is 2.20. The minimum Gasteiger partial charge on any atom is -0.134 e. The second kappa shape index (κ2) is 3.01. The molecule has 54 valence electrons. The Morgan fingerprint density at radius 3 is 1.78 bits per heavy atom. The van der Waals surface area contributed by atoms with Gasteiger partial charge in [0.2, 0.25) is 0 Å². The molecule has 0 spiro atoms. The van der Waals surface area contributed by atoms with Gasteiger partial charge in [0.05, 0.1) is 0 Å². The Kier molecular flexibility index (Phi) is 2.52. The van der Waals surface area contributed by atoms with Crippen molar-refractivity contribution in [3.63, 3.8) is 0 Å². The van der Waals surface area contributed by atoms with Crippen LogP contribution in [0.2, 0.25) is 0 Å². The lowest BCUT2D eigenvalue weighted by molar-refractivity contribution is 0.308. The Morgan fingerprint density at radius 2 is 1.44 bits per heavy atom. The first-order valence-corrected chi connectivity index (χ1v) is 4.60. The summed E-state index contributed by atoms with van der Waals surface area (Å²) in [5.74, 6) is 1.94. The molecule has 0 aromatic carbocycles. The number of hydrogen-bond acceptors (Lipinski definition) is 0. The summed E-state index contributed by atoms with van der Waals surface area (Å²) >= 11 is 0. The molecule has 3 atom stereocenters. The van der Waals surface area contributed by atoms with E-state index < -0.39 is 0 Å². The number of rotatable bonds is 0. The molecule has 0 aromatic heterocycles. The maximum atomic E-state index is 2.95. The maximum Gasteiger partial charge on any atom is -0.0259 e. The molecule has 3 unspecified atom stereocenters. The van der Waals surface area contributed by atoms with Crippen molar-refractivity contribution in [1.29, 1.82) is 0 Å². The minimum atomic E-state index is 0.906. The van der Waals surface area contributed by atoms with E-state index in [2.05, 4.69) is 23.1 Å². The lowest BCUT2D eigenvalue weighted by atomic mass is 9.83. The van der Waals surface area contributed by atoms with Gasteiger partial charge >= 0.3 is 0 Å². The van der Waals surface area contributed by atoms with Gasteiger partial charge in [-0.05, 0) is 36.8 Å². The van der Waals surface area contributed by atoms with Crippen LogP contribution in [0, 0.1) is 11.8 Å². The zero-order valence-corrected chi connectivity index (χ0v) is 7.59. The maximum absolute atomic E-state index is 2.95. The monoisotopic (exact) mass is 144 g/mol. The Bertz CT molecular complexity index is 65.5. The smallest absolute Gasteiger partial charge is 0.0259 e. The summed E-state index contributed by atoms with van der Waals surface area (Å²) in [6.45, 7) is 4.74. The van der Waals surface area contributed by atoms with E-state index in [1.54, 1.807) is 0 Å². The first kappa shape index (κ1) is 7.54. The van der Waals surface area contributed by atoms with Crippen molar-refractivity contribution in [3.05, 3.63) is 0 Å². The lowest BCUT2D eigenvalue weighted by Crippen LogP contribution is -2.18. The number of hydrogen-bond donors (Lipinski definition) is 0. The van der Waals surface area contributed by atoms with E-state index in [4.69, 9.17) is 0 Å². The molecule has 1 rings (SSSR count). The second-order valence-electron chi connectivity index (χ2n) is 3.68. The van der Waals surface area contributed by atoms with Crippen molar-refractivity contribution in [1.82, 2.24) is 0 Å². The molecule has 0 nitrogen and oxygen atoms in total. The predicted molar refractivity (Wildman–Crippen MR) is 45.7 cm³/mol. The van der Waals surface area contributed by atoms with E-state index >= 15 is 0 Å². The highest BCUT2D eigenvalue weighted by molar-refractivity contribution is 7.17. The zero-order valence-electron chi connectivity index (χ0n) is 6.43. The standard InChI is InChI=1S/C8H17P/c1-6-3-7(2)5-8(9)4-6/h6-8H,3-5,9H2,1-2H3. The molecule has 1 aliphatic carbocycles. The predicted octanol–water partition coefficient (Wildman–Crippen LogP) is 2.69. The van der Waals surface area contributed by atoms with Crippen molar-refractivity contribution in [3.8, 4) is 0 Å². The molecule has 0 radical (unpaired) electrons. The molecular weight excluding hydrogens is 127 g/mol. The molecule has 0 bridgehead atoms. The Balaban J connectivity index is 2.34. The summed E-state index contributed by atoms with van der Waals surface area (Å²) in [4.78, 5) is 0. The van der Waals surface area contributed by atoms with Gasteiger partial charge < -0.3 is 0 Å². The average molecular weight is 144 g/mol. The summed E-state index contributed by atoms with van der Waals surface area (Å²) in [6, 6.07) is 0. The van der Waals surface area contributed by atoms with Gasteiger partial charge in [-0.1, -0.05) is 13.8 Å². The molecule has 1 saturated carbocycles. The Hall–Kier alpha value is 0.430. The van der Waals surface area contributed by atoms with Gasteiger partial charge in [0, 0.05) is 0 Å². The van der Waals surface area contributed by atoms with Crippen LogP contribution >= 0.6 is 9.24 Å². The molecule has 0 aliphatic heterocycles. The van der Waals surface area contributed by atoms with Crippen LogP contribution in [-0.4, -0.2) is 5.66 Å². The summed E-state index contributed by atoms with van der Waals surface area (Å²) in [5, 5.41) is 0. The normalized spacial score (nSPS) is 45.0. The summed E-state index contributed by atoms with van der Waals surface area (Å²) in [6.07, 6.45) is 4.30. The van der Waals surface area contributed by atoms with Gasteiger partial charge in [0.25, 0.3) is 0 Å². The first-order chi connectivity index (χ1) is 4.18. The van der Waals surface area contributed by atoms with Crippen LogP contribution in [0.1, 0.15) is 33.1 Å². The molecule has 0 saturated heterocycles. The third-order valence-electron chi connectivity index (χ3n) is 2.21. The van der Waals surface area contributed by atoms with Crippen LogP contribution in [-0.2, 0) is 0 Å². The third-order valence-corrected chi connectivity index (χ3v) is 2.76. The second-order valence-corrected chi connectivity index (χ2v) is 4.62. The van der Waals surface area contributed by atoms with Gasteiger partial charge in [-0.3, -0.25) is 0 Å². The van der Waals surface area contributed by atoms with Gasteiger partial charge in [-0.15, -0.1) is 9.24 Å². The largest absolute Gasteiger partial charge is 0.134 e. The van der Waals surface area contributed by atoms with E-state index in [-0.39, 0.29) is 0 Å². The van der Waals surface area contributed by atoms with E-state index in [9.17, 15) is 0 Å². The molecule has 0 aromatic rings. The highest BCUT2D eigenvalue weighted by atomic mass is 31.0. The van der Waals surface area contributed by atoms with E-state index in [1.165, 1.54) is 19.3 Å². The fourth-order valence-electron chi connectivity index (χ4n) is 2.01.